The Morgan fingerprint density at radius 3 is 2.51 bits per heavy atom. The smallest absolute Gasteiger partial charge is 0.338 e. The highest BCUT2D eigenvalue weighted by atomic mass is 32.1. The van der Waals surface area contributed by atoms with Gasteiger partial charge >= 0.3 is 5.97 Å². The van der Waals surface area contributed by atoms with Crippen molar-refractivity contribution in [2.75, 3.05) is 20.8 Å². The van der Waals surface area contributed by atoms with E-state index in [1.54, 1.807) is 44.8 Å². The van der Waals surface area contributed by atoms with Gasteiger partial charge in [-0.05, 0) is 82.2 Å². The largest absolute Gasteiger partial charge is 0.497 e. The molecular weight excluding hydrogens is 538 g/mol. The molecule has 0 saturated carbocycles. The second-order valence-corrected chi connectivity index (χ2v) is 10.9. The van der Waals surface area contributed by atoms with Crippen LogP contribution >= 0.6 is 11.3 Å². The number of allylic oxidation sites excluding steroid dienone is 1. The molecule has 0 bridgehead atoms. The summed E-state index contributed by atoms with van der Waals surface area (Å²) in [6.07, 6.45) is 1.91. The molecule has 0 radical (unpaired) electrons. The maximum absolute atomic E-state index is 14.1. The highest BCUT2D eigenvalue weighted by molar-refractivity contribution is 7.07. The highest BCUT2D eigenvalue weighted by Gasteiger charge is 2.35. The number of thiazole rings is 1. The molecule has 5 rings (SSSR count). The Balaban J connectivity index is 1.72. The summed E-state index contributed by atoms with van der Waals surface area (Å²) in [7, 11) is 3.12. The van der Waals surface area contributed by atoms with Crippen LogP contribution in [0.15, 0.2) is 69.6 Å². The predicted octanol–water partition coefficient (Wildman–Crippen LogP) is 4.53. The topological polar surface area (TPSA) is 84.1 Å². The first kappa shape index (κ1) is 28.2. The third-order valence-corrected chi connectivity index (χ3v) is 8.25. The molecule has 8 nitrogen and oxygen atoms in total. The standard InChI is InChI=1S/C32H33N3O5S/c1-8-40-31(37)28-20(4)33-32-35(29(28)25-13-12-24(38-6)17-26(25)39-7)30(36)27(41-32)16-22-15-19(3)34(21(22)5)23-11-9-10-18(2)14-23/h9-17,29H,8H2,1-7H3/b27-16+/t29-/m1/s1. The summed E-state index contributed by atoms with van der Waals surface area (Å²) >= 11 is 1.30. The summed E-state index contributed by atoms with van der Waals surface area (Å²) in [5, 5.41) is 0. The number of nitrogens with zero attached hydrogens (tertiary/aromatic N) is 3. The van der Waals surface area contributed by atoms with Gasteiger partial charge in [0, 0.05) is 28.7 Å². The van der Waals surface area contributed by atoms with Crippen molar-refractivity contribution < 1.29 is 19.0 Å². The minimum atomic E-state index is -0.784. The number of aromatic nitrogens is 2. The van der Waals surface area contributed by atoms with Crippen LogP contribution in [0.2, 0.25) is 0 Å². The SMILES string of the molecule is CCOC(=O)C1=C(C)N=c2s/c(=C/c3cc(C)n(-c4cccc(C)c4)c3C)c(=O)n2[C@@H]1c1ccc(OC)cc1OC. The number of ether oxygens (including phenoxy) is 3. The minimum Gasteiger partial charge on any atom is -0.497 e. The van der Waals surface area contributed by atoms with Gasteiger partial charge in [0.1, 0.15) is 17.5 Å². The fraction of sp³-hybridized carbons (Fsp3) is 0.281. The quantitative estimate of drug-likeness (QED) is 0.305. The van der Waals surface area contributed by atoms with E-state index in [2.05, 4.69) is 42.7 Å². The molecule has 0 spiro atoms. The number of aryl methyl sites for hydroxylation is 2. The Labute approximate surface area is 242 Å². The van der Waals surface area contributed by atoms with Crippen LogP contribution < -0.4 is 24.4 Å². The van der Waals surface area contributed by atoms with E-state index in [1.807, 2.05) is 25.1 Å². The van der Waals surface area contributed by atoms with Crippen molar-refractivity contribution in [1.82, 2.24) is 9.13 Å². The molecule has 3 heterocycles. The second kappa shape index (κ2) is 11.2. The summed E-state index contributed by atoms with van der Waals surface area (Å²) < 4.78 is 20.8. The van der Waals surface area contributed by atoms with Crippen LogP contribution in [-0.4, -0.2) is 35.9 Å². The van der Waals surface area contributed by atoms with Crippen molar-refractivity contribution in [3.05, 3.63) is 108 Å². The zero-order valence-corrected chi connectivity index (χ0v) is 25.1. The molecule has 0 N–H and O–H groups in total. The molecule has 0 fully saturated rings. The maximum Gasteiger partial charge on any atom is 0.338 e. The van der Waals surface area contributed by atoms with Gasteiger partial charge in [-0.1, -0.05) is 23.5 Å². The van der Waals surface area contributed by atoms with E-state index >= 15 is 0 Å². The number of hydrogen-bond donors (Lipinski definition) is 0. The van der Waals surface area contributed by atoms with Crippen molar-refractivity contribution in [2.24, 2.45) is 4.99 Å². The molecule has 1 atom stereocenters. The number of benzene rings is 2. The number of carbonyl (C=O) groups is 1. The average Bonchev–Trinajstić information content (AvgIpc) is 3.41. The van der Waals surface area contributed by atoms with Gasteiger partial charge in [0.2, 0.25) is 0 Å². The molecular formula is C32H33N3O5S. The molecule has 1 aliphatic heterocycles. The summed E-state index contributed by atoms with van der Waals surface area (Å²) in [6.45, 7) is 9.88. The maximum atomic E-state index is 14.1. The Hall–Kier alpha value is -4.37. The van der Waals surface area contributed by atoms with Gasteiger partial charge in [-0.25, -0.2) is 9.79 Å². The highest BCUT2D eigenvalue weighted by Crippen LogP contribution is 2.37. The van der Waals surface area contributed by atoms with Crippen molar-refractivity contribution in [3.63, 3.8) is 0 Å². The number of rotatable bonds is 7. The van der Waals surface area contributed by atoms with Crippen LogP contribution in [0.4, 0.5) is 0 Å². The Morgan fingerprint density at radius 1 is 1.05 bits per heavy atom. The number of esters is 1. The van der Waals surface area contributed by atoms with Gasteiger partial charge < -0.3 is 18.8 Å². The molecule has 212 valence electrons. The van der Waals surface area contributed by atoms with Gasteiger partial charge in [0.15, 0.2) is 4.80 Å². The van der Waals surface area contributed by atoms with Crippen molar-refractivity contribution in [3.8, 4) is 17.2 Å². The summed E-state index contributed by atoms with van der Waals surface area (Å²) in [6, 6.07) is 15.0. The van der Waals surface area contributed by atoms with Crippen LogP contribution in [-0.2, 0) is 9.53 Å². The van der Waals surface area contributed by atoms with Gasteiger partial charge in [0.25, 0.3) is 5.56 Å². The molecule has 1 aliphatic rings. The van der Waals surface area contributed by atoms with E-state index in [1.165, 1.54) is 16.9 Å². The number of fused-ring (bicyclic) bond motifs is 1. The van der Waals surface area contributed by atoms with Crippen LogP contribution in [0.1, 0.15) is 48.0 Å². The summed E-state index contributed by atoms with van der Waals surface area (Å²) in [4.78, 5) is 32.6. The zero-order valence-electron chi connectivity index (χ0n) is 24.3. The first-order valence-electron chi connectivity index (χ1n) is 13.4. The first-order valence-corrected chi connectivity index (χ1v) is 14.2. The van der Waals surface area contributed by atoms with Crippen LogP contribution in [0, 0.1) is 20.8 Å². The predicted molar refractivity (Wildman–Crippen MR) is 160 cm³/mol. The third-order valence-electron chi connectivity index (χ3n) is 7.27. The number of methoxy groups -OCH3 is 2. The molecule has 0 aliphatic carbocycles. The molecule has 0 amide bonds. The molecule has 4 aromatic rings. The lowest BCUT2D eigenvalue weighted by molar-refractivity contribution is -0.139. The van der Waals surface area contributed by atoms with Gasteiger partial charge in [0.05, 0.1) is 36.6 Å². The van der Waals surface area contributed by atoms with E-state index in [-0.39, 0.29) is 12.2 Å². The van der Waals surface area contributed by atoms with Gasteiger partial charge in [-0.3, -0.25) is 9.36 Å². The van der Waals surface area contributed by atoms with Gasteiger partial charge in [-0.15, -0.1) is 0 Å². The Kier molecular flexibility index (Phi) is 7.73. The van der Waals surface area contributed by atoms with E-state index in [9.17, 15) is 9.59 Å². The normalized spacial score (nSPS) is 15.0. The third kappa shape index (κ3) is 5.02. The van der Waals surface area contributed by atoms with Crippen molar-refractivity contribution >= 4 is 23.4 Å². The van der Waals surface area contributed by atoms with E-state index in [4.69, 9.17) is 19.2 Å². The lowest BCUT2D eigenvalue weighted by Crippen LogP contribution is -2.40. The minimum absolute atomic E-state index is 0.197. The van der Waals surface area contributed by atoms with E-state index < -0.39 is 12.0 Å². The van der Waals surface area contributed by atoms with E-state index in [0.29, 0.717) is 37.7 Å². The van der Waals surface area contributed by atoms with Crippen molar-refractivity contribution in [1.29, 1.82) is 0 Å². The van der Waals surface area contributed by atoms with Crippen LogP contribution in [0.5, 0.6) is 11.5 Å². The van der Waals surface area contributed by atoms with Crippen molar-refractivity contribution in [2.45, 2.75) is 40.7 Å². The molecule has 0 unspecified atom stereocenters. The average molecular weight is 572 g/mol. The monoisotopic (exact) mass is 571 g/mol. The fourth-order valence-corrected chi connectivity index (χ4v) is 6.41. The summed E-state index contributed by atoms with van der Waals surface area (Å²) in [5.41, 5.74) is 6.46. The van der Waals surface area contributed by atoms with Crippen LogP contribution in [0.3, 0.4) is 0 Å². The number of carbonyl (C=O) groups excluding carboxylic acids is 1. The molecule has 0 saturated heterocycles. The summed E-state index contributed by atoms with van der Waals surface area (Å²) in [5.74, 6) is 0.565. The molecule has 9 heteroatoms. The Bertz CT molecular complexity index is 1880. The lowest BCUT2D eigenvalue weighted by atomic mass is 9.95. The Morgan fingerprint density at radius 2 is 1.83 bits per heavy atom. The number of hydrogen-bond acceptors (Lipinski definition) is 7. The van der Waals surface area contributed by atoms with E-state index in [0.717, 1.165) is 22.6 Å². The fourth-order valence-electron chi connectivity index (χ4n) is 5.37. The molecule has 41 heavy (non-hydrogen) atoms. The first-order chi connectivity index (χ1) is 19.7. The van der Waals surface area contributed by atoms with Gasteiger partial charge in [-0.2, -0.15) is 0 Å². The lowest BCUT2D eigenvalue weighted by Gasteiger charge is -2.26. The molecule has 2 aromatic carbocycles. The zero-order chi connectivity index (χ0) is 29.4. The molecule has 2 aromatic heterocycles. The second-order valence-electron chi connectivity index (χ2n) is 9.91. The van der Waals surface area contributed by atoms with Crippen LogP contribution in [0.25, 0.3) is 11.8 Å².